The second-order valence-electron chi connectivity index (χ2n) is 6.44. The van der Waals surface area contributed by atoms with E-state index >= 15 is 0 Å². The van der Waals surface area contributed by atoms with Gasteiger partial charge in [-0.15, -0.1) is 16.4 Å². The average molecular weight is 410 g/mol. The van der Waals surface area contributed by atoms with Crippen molar-refractivity contribution in [1.29, 1.82) is 0 Å². The first kappa shape index (κ1) is 17.6. The number of fused-ring (bicyclic) bond motifs is 2. The summed E-state index contributed by atoms with van der Waals surface area (Å²) in [7, 11) is 0. The highest BCUT2D eigenvalue weighted by Crippen LogP contribution is 2.32. The van der Waals surface area contributed by atoms with Crippen molar-refractivity contribution in [3.63, 3.8) is 0 Å². The lowest BCUT2D eigenvalue weighted by Crippen LogP contribution is -2.26. The number of carbonyl (C=O) groups is 1. The number of carbonyl (C=O) groups excluding carboxylic acids is 1. The fraction of sp³-hybridized carbons (Fsp3) is 0.150. The van der Waals surface area contributed by atoms with E-state index in [1.807, 2.05) is 5.38 Å². The quantitative estimate of drug-likeness (QED) is 0.546. The van der Waals surface area contributed by atoms with Gasteiger partial charge in [0, 0.05) is 29.5 Å². The van der Waals surface area contributed by atoms with Crippen molar-refractivity contribution in [3.8, 4) is 22.9 Å². The molecule has 0 radical (unpaired) electrons. The van der Waals surface area contributed by atoms with Gasteiger partial charge in [0.2, 0.25) is 11.8 Å². The van der Waals surface area contributed by atoms with Crippen LogP contribution in [0.3, 0.4) is 0 Å². The summed E-state index contributed by atoms with van der Waals surface area (Å²) in [6, 6.07) is 11.3. The summed E-state index contributed by atoms with van der Waals surface area (Å²) in [5.74, 6) is 1.18. The molecule has 9 heteroatoms. The van der Waals surface area contributed by atoms with Gasteiger partial charge in [-0.2, -0.15) is 4.98 Å². The summed E-state index contributed by atoms with van der Waals surface area (Å²) < 4.78 is 25.7. The van der Waals surface area contributed by atoms with Crippen LogP contribution in [-0.2, 0) is 6.42 Å². The lowest BCUT2D eigenvalue weighted by Gasteiger charge is -2.05. The van der Waals surface area contributed by atoms with E-state index in [1.54, 1.807) is 34.8 Å². The third-order valence-electron chi connectivity index (χ3n) is 4.53. The van der Waals surface area contributed by atoms with Crippen molar-refractivity contribution in [2.24, 2.45) is 0 Å². The molecular weight excluding hydrogens is 395 g/mol. The minimum Gasteiger partial charge on any atom is -0.454 e. The summed E-state index contributed by atoms with van der Waals surface area (Å²) in [5, 5.41) is 9.34. The molecule has 2 aromatic heterocycles. The second kappa shape index (κ2) is 7.17. The predicted molar refractivity (Wildman–Crippen MR) is 105 cm³/mol. The normalized spacial score (nSPS) is 12.4. The molecule has 0 unspecified atom stereocenters. The maximum Gasteiger partial charge on any atom is 0.251 e. The number of benzene rings is 2. The van der Waals surface area contributed by atoms with E-state index < -0.39 is 0 Å². The molecule has 2 aromatic carbocycles. The lowest BCUT2D eigenvalue weighted by atomic mass is 10.2. The number of thiazole rings is 1. The summed E-state index contributed by atoms with van der Waals surface area (Å²) in [4.78, 5) is 17.6. The van der Waals surface area contributed by atoms with E-state index in [-0.39, 0.29) is 18.5 Å². The van der Waals surface area contributed by atoms with E-state index in [2.05, 4.69) is 15.4 Å². The Kier molecular flexibility index (Phi) is 4.36. The number of ether oxygens (including phenoxy) is 2. The number of hydrogen-bond acceptors (Lipinski definition) is 6. The smallest absolute Gasteiger partial charge is 0.251 e. The number of amides is 1. The van der Waals surface area contributed by atoms with Gasteiger partial charge in [0.15, 0.2) is 17.3 Å². The van der Waals surface area contributed by atoms with Gasteiger partial charge in [-0.25, -0.2) is 8.91 Å². The molecule has 5 rings (SSSR count). The van der Waals surface area contributed by atoms with Crippen LogP contribution < -0.4 is 14.8 Å². The molecule has 0 atom stereocenters. The van der Waals surface area contributed by atoms with Crippen molar-refractivity contribution < 1.29 is 18.7 Å². The van der Waals surface area contributed by atoms with E-state index in [4.69, 9.17) is 9.47 Å². The van der Waals surface area contributed by atoms with Crippen LogP contribution in [0.15, 0.2) is 47.8 Å². The molecule has 3 heterocycles. The Morgan fingerprint density at radius 3 is 3.00 bits per heavy atom. The second-order valence-corrected chi connectivity index (χ2v) is 7.28. The highest BCUT2D eigenvalue weighted by Gasteiger charge is 2.16. The highest BCUT2D eigenvalue weighted by molar-refractivity contribution is 7.15. The number of rotatable bonds is 5. The Hall–Kier alpha value is -3.46. The van der Waals surface area contributed by atoms with Crippen LogP contribution >= 0.6 is 11.3 Å². The van der Waals surface area contributed by atoms with Gasteiger partial charge in [-0.1, -0.05) is 12.1 Å². The molecule has 1 aliphatic heterocycles. The minimum atomic E-state index is -0.327. The van der Waals surface area contributed by atoms with Crippen LogP contribution in [0.1, 0.15) is 16.1 Å². The molecule has 0 bridgehead atoms. The Morgan fingerprint density at radius 1 is 1.21 bits per heavy atom. The molecule has 0 aliphatic carbocycles. The van der Waals surface area contributed by atoms with Crippen molar-refractivity contribution in [1.82, 2.24) is 19.9 Å². The maximum absolute atomic E-state index is 13.5. The van der Waals surface area contributed by atoms with E-state index in [0.29, 0.717) is 41.4 Å². The third kappa shape index (κ3) is 3.40. The summed E-state index contributed by atoms with van der Waals surface area (Å²) in [6.45, 7) is 0.609. The Balaban J connectivity index is 1.27. The van der Waals surface area contributed by atoms with E-state index in [0.717, 1.165) is 10.7 Å². The van der Waals surface area contributed by atoms with Crippen molar-refractivity contribution in [3.05, 3.63) is 64.9 Å². The molecule has 7 nitrogen and oxygen atoms in total. The number of halogens is 1. The Bertz CT molecular complexity index is 1220. The fourth-order valence-electron chi connectivity index (χ4n) is 3.09. The molecule has 0 fully saturated rings. The van der Waals surface area contributed by atoms with E-state index in [1.165, 1.54) is 23.5 Å². The first-order valence-corrected chi connectivity index (χ1v) is 9.82. The maximum atomic E-state index is 13.5. The summed E-state index contributed by atoms with van der Waals surface area (Å²) >= 11 is 1.45. The molecule has 0 saturated heterocycles. The lowest BCUT2D eigenvalue weighted by molar-refractivity contribution is 0.0953. The largest absolute Gasteiger partial charge is 0.454 e. The topological polar surface area (TPSA) is 77.8 Å². The first-order chi connectivity index (χ1) is 14.2. The first-order valence-electron chi connectivity index (χ1n) is 8.94. The Labute approximate surface area is 168 Å². The summed E-state index contributed by atoms with van der Waals surface area (Å²) in [5.41, 5.74) is 2.06. The van der Waals surface area contributed by atoms with Crippen LogP contribution in [0.4, 0.5) is 4.39 Å². The minimum absolute atomic E-state index is 0.171. The van der Waals surface area contributed by atoms with Crippen LogP contribution in [0, 0.1) is 5.82 Å². The summed E-state index contributed by atoms with van der Waals surface area (Å²) in [6.07, 6.45) is 0.586. The molecule has 29 heavy (non-hydrogen) atoms. The van der Waals surface area contributed by atoms with Crippen molar-refractivity contribution >= 4 is 22.2 Å². The molecule has 1 amide bonds. The highest BCUT2D eigenvalue weighted by atomic mass is 32.1. The van der Waals surface area contributed by atoms with Gasteiger partial charge in [-0.3, -0.25) is 4.79 Å². The predicted octanol–water partition coefficient (Wildman–Crippen LogP) is 3.30. The van der Waals surface area contributed by atoms with Gasteiger partial charge >= 0.3 is 0 Å². The number of nitrogens with zero attached hydrogens (tertiary/aromatic N) is 3. The molecule has 1 N–H and O–H groups in total. The number of hydrogen-bond donors (Lipinski definition) is 1. The average Bonchev–Trinajstić information content (AvgIpc) is 3.43. The van der Waals surface area contributed by atoms with E-state index in [9.17, 15) is 9.18 Å². The van der Waals surface area contributed by atoms with Crippen LogP contribution in [0.2, 0.25) is 0 Å². The molecular formula is C20H15FN4O3S. The standard InChI is InChI=1S/C20H15FN4O3S/c21-14-3-1-2-12(8-14)18-23-20-25(24-18)15(10-29-20)6-7-22-19(26)13-4-5-16-17(9-13)28-11-27-16/h1-5,8-10H,6-7,11H2,(H,22,26). The fourth-order valence-corrected chi connectivity index (χ4v) is 3.95. The SMILES string of the molecule is O=C(NCCc1csc2nc(-c3cccc(F)c3)nn12)c1ccc2c(c1)OCO2. The van der Waals surface area contributed by atoms with Crippen molar-refractivity contribution in [2.45, 2.75) is 6.42 Å². The zero-order valence-electron chi connectivity index (χ0n) is 15.1. The molecule has 146 valence electrons. The molecule has 0 spiro atoms. The van der Waals surface area contributed by atoms with Gasteiger partial charge in [-0.05, 0) is 30.3 Å². The zero-order chi connectivity index (χ0) is 19.8. The van der Waals surface area contributed by atoms with Gasteiger partial charge < -0.3 is 14.8 Å². The zero-order valence-corrected chi connectivity index (χ0v) is 15.9. The van der Waals surface area contributed by atoms with Gasteiger partial charge in [0.05, 0.1) is 5.69 Å². The molecule has 4 aromatic rings. The number of nitrogens with one attached hydrogen (secondary N) is 1. The van der Waals surface area contributed by atoms with Crippen LogP contribution in [-0.4, -0.2) is 33.8 Å². The number of aromatic nitrogens is 3. The molecule has 1 aliphatic rings. The van der Waals surface area contributed by atoms with Crippen LogP contribution in [0.25, 0.3) is 16.3 Å². The van der Waals surface area contributed by atoms with Gasteiger partial charge in [0.25, 0.3) is 5.91 Å². The third-order valence-corrected chi connectivity index (χ3v) is 5.40. The van der Waals surface area contributed by atoms with Crippen molar-refractivity contribution in [2.75, 3.05) is 13.3 Å². The van der Waals surface area contributed by atoms with Gasteiger partial charge in [0.1, 0.15) is 5.82 Å². The monoisotopic (exact) mass is 410 g/mol. The Morgan fingerprint density at radius 2 is 2.10 bits per heavy atom. The molecule has 0 saturated carbocycles. The van der Waals surface area contributed by atoms with Crippen LogP contribution in [0.5, 0.6) is 11.5 Å².